The first-order valence-corrected chi connectivity index (χ1v) is 5.64. The summed E-state index contributed by atoms with van der Waals surface area (Å²) in [5, 5.41) is 0. The van der Waals surface area contributed by atoms with E-state index in [4.69, 9.17) is 5.73 Å². The molecule has 0 aromatic heterocycles. The molecule has 3 nitrogen and oxygen atoms in total. The van der Waals surface area contributed by atoms with Crippen molar-refractivity contribution in [1.29, 1.82) is 0 Å². The molecule has 0 aromatic carbocycles. The molecular weight excluding hydrogens is 176 g/mol. The molecule has 1 amide bonds. The zero-order chi connectivity index (χ0) is 10.6. The van der Waals surface area contributed by atoms with Crippen LogP contribution in [0.3, 0.4) is 0 Å². The van der Waals surface area contributed by atoms with E-state index < -0.39 is 0 Å². The fraction of sp³-hybridized carbons (Fsp3) is 0.909. The Morgan fingerprint density at radius 2 is 2.21 bits per heavy atom. The van der Waals surface area contributed by atoms with Crippen molar-refractivity contribution in [1.82, 2.24) is 4.90 Å². The highest BCUT2D eigenvalue weighted by Crippen LogP contribution is 2.17. The van der Waals surface area contributed by atoms with Gasteiger partial charge in [0.1, 0.15) is 0 Å². The van der Waals surface area contributed by atoms with Gasteiger partial charge < -0.3 is 10.6 Å². The minimum absolute atomic E-state index is 0.117. The van der Waals surface area contributed by atoms with Gasteiger partial charge in [-0.05, 0) is 25.3 Å². The number of carbonyl (C=O) groups is 1. The number of hydrogen-bond acceptors (Lipinski definition) is 2. The number of nitrogens with two attached hydrogens (primary N) is 1. The first-order chi connectivity index (χ1) is 6.65. The van der Waals surface area contributed by atoms with Crippen LogP contribution in [0, 0.1) is 11.8 Å². The Balaban J connectivity index is 2.54. The van der Waals surface area contributed by atoms with Crippen LogP contribution in [-0.2, 0) is 4.79 Å². The SMILES string of the molecule is CC(C)C(=O)N1CCCCC(CN)C1. The van der Waals surface area contributed by atoms with Crippen LogP contribution < -0.4 is 5.73 Å². The number of carbonyl (C=O) groups excluding carboxylic acids is 1. The largest absolute Gasteiger partial charge is 0.342 e. The summed E-state index contributed by atoms with van der Waals surface area (Å²) in [4.78, 5) is 13.8. The quantitative estimate of drug-likeness (QED) is 0.725. The molecule has 1 fully saturated rings. The molecule has 0 radical (unpaired) electrons. The predicted octanol–water partition coefficient (Wildman–Crippen LogP) is 1.23. The second-order valence-corrected chi connectivity index (χ2v) is 4.54. The van der Waals surface area contributed by atoms with Crippen molar-refractivity contribution in [3.8, 4) is 0 Å². The van der Waals surface area contributed by atoms with E-state index in [9.17, 15) is 4.79 Å². The normalized spacial score (nSPS) is 23.7. The van der Waals surface area contributed by atoms with Crippen LogP contribution in [0.2, 0.25) is 0 Å². The van der Waals surface area contributed by atoms with Gasteiger partial charge in [0.25, 0.3) is 0 Å². The third-order valence-corrected chi connectivity index (χ3v) is 2.91. The maximum Gasteiger partial charge on any atom is 0.225 e. The molecule has 0 bridgehead atoms. The van der Waals surface area contributed by atoms with Gasteiger partial charge in [-0.2, -0.15) is 0 Å². The molecule has 1 rings (SSSR count). The van der Waals surface area contributed by atoms with E-state index in [-0.39, 0.29) is 11.8 Å². The number of hydrogen-bond donors (Lipinski definition) is 1. The van der Waals surface area contributed by atoms with E-state index >= 15 is 0 Å². The van der Waals surface area contributed by atoms with Gasteiger partial charge in [0.15, 0.2) is 0 Å². The average Bonchev–Trinajstić information content (AvgIpc) is 2.41. The molecule has 1 aliphatic heterocycles. The maximum atomic E-state index is 11.8. The molecule has 2 N–H and O–H groups in total. The van der Waals surface area contributed by atoms with E-state index in [1.54, 1.807) is 0 Å². The summed E-state index contributed by atoms with van der Waals surface area (Å²) in [5.74, 6) is 0.914. The molecular formula is C11H22N2O. The van der Waals surface area contributed by atoms with Crippen molar-refractivity contribution in [2.45, 2.75) is 33.1 Å². The molecule has 3 heteroatoms. The summed E-state index contributed by atoms with van der Waals surface area (Å²) in [7, 11) is 0. The molecule has 0 aliphatic carbocycles. The number of likely N-dealkylation sites (tertiary alicyclic amines) is 1. The number of nitrogens with zero attached hydrogens (tertiary/aromatic N) is 1. The molecule has 1 atom stereocenters. The van der Waals surface area contributed by atoms with Gasteiger partial charge in [-0.15, -0.1) is 0 Å². The fourth-order valence-electron chi connectivity index (χ4n) is 1.99. The van der Waals surface area contributed by atoms with Crippen molar-refractivity contribution in [3.63, 3.8) is 0 Å². The van der Waals surface area contributed by atoms with Crippen LogP contribution >= 0.6 is 0 Å². The Hall–Kier alpha value is -0.570. The van der Waals surface area contributed by atoms with Gasteiger partial charge >= 0.3 is 0 Å². The first-order valence-electron chi connectivity index (χ1n) is 5.64. The van der Waals surface area contributed by atoms with Gasteiger partial charge in [0.2, 0.25) is 5.91 Å². The van der Waals surface area contributed by atoms with Gasteiger partial charge in [0.05, 0.1) is 0 Å². The Morgan fingerprint density at radius 1 is 1.50 bits per heavy atom. The maximum absolute atomic E-state index is 11.8. The molecule has 1 unspecified atom stereocenters. The Morgan fingerprint density at radius 3 is 2.79 bits per heavy atom. The standard InChI is InChI=1S/C11H22N2O/c1-9(2)11(14)13-6-4-3-5-10(7-12)8-13/h9-10H,3-8,12H2,1-2H3. The second-order valence-electron chi connectivity index (χ2n) is 4.54. The summed E-state index contributed by atoms with van der Waals surface area (Å²) in [6, 6.07) is 0. The topological polar surface area (TPSA) is 46.3 Å². The molecule has 1 aliphatic rings. The third kappa shape index (κ3) is 2.98. The van der Waals surface area contributed by atoms with E-state index in [2.05, 4.69) is 0 Å². The molecule has 0 aromatic rings. The molecule has 14 heavy (non-hydrogen) atoms. The summed E-state index contributed by atoms with van der Waals surface area (Å²) in [5.41, 5.74) is 5.67. The highest BCUT2D eigenvalue weighted by molar-refractivity contribution is 5.78. The smallest absolute Gasteiger partial charge is 0.225 e. The molecule has 1 saturated heterocycles. The highest BCUT2D eigenvalue weighted by Gasteiger charge is 2.22. The first kappa shape index (κ1) is 11.5. The average molecular weight is 198 g/mol. The fourth-order valence-corrected chi connectivity index (χ4v) is 1.99. The van der Waals surface area contributed by atoms with Crippen molar-refractivity contribution >= 4 is 5.91 Å². The van der Waals surface area contributed by atoms with Crippen LogP contribution in [0.4, 0.5) is 0 Å². The van der Waals surface area contributed by atoms with E-state index in [0.717, 1.165) is 19.5 Å². The third-order valence-electron chi connectivity index (χ3n) is 2.91. The van der Waals surface area contributed by atoms with E-state index in [1.807, 2.05) is 18.7 Å². The van der Waals surface area contributed by atoms with Gasteiger partial charge in [0, 0.05) is 19.0 Å². The Kier molecular flexibility index (Phi) is 4.39. The number of amides is 1. The monoisotopic (exact) mass is 198 g/mol. The summed E-state index contributed by atoms with van der Waals surface area (Å²) < 4.78 is 0. The van der Waals surface area contributed by atoms with Crippen LogP contribution in [-0.4, -0.2) is 30.4 Å². The van der Waals surface area contributed by atoms with Gasteiger partial charge in [-0.1, -0.05) is 20.3 Å². The Labute approximate surface area is 86.6 Å². The van der Waals surface area contributed by atoms with Crippen molar-refractivity contribution in [3.05, 3.63) is 0 Å². The summed E-state index contributed by atoms with van der Waals surface area (Å²) >= 11 is 0. The summed E-state index contributed by atoms with van der Waals surface area (Å²) in [6.07, 6.45) is 3.52. The minimum Gasteiger partial charge on any atom is -0.342 e. The zero-order valence-electron chi connectivity index (χ0n) is 9.33. The van der Waals surface area contributed by atoms with E-state index in [1.165, 1.54) is 12.8 Å². The second kappa shape index (κ2) is 5.35. The lowest BCUT2D eigenvalue weighted by atomic mass is 10.0. The van der Waals surface area contributed by atoms with Gasteiger partial charge in [-0.25, -0.2) is 0 Å². The highest BCUT2D eigenvalue weighted by atomic mass is 16.2. The minimum atomic E-state index is 0.117. The molecule has 0 saturated carbocycles. The lowest BCUT2D eigenvalue weighted by Gasteiger charge is -2.25. The van der Waals surface area contributed by atoms with Crippen molar-refractivity contribution in [2.75, 3.05) is 19.6 Å². The Bertz CT molecular complexity index is 192. The van der Waals surface area contributed by atoms with Crippen molar-refractivity contribution < 1.29 is 4.79 Å². The van der Waals surface area contributed by atoms with Crippen molar-refractivity contribution in [2.24, 2.45) is 17.6 Å². The lowest BCUT2D eigenvalue weighted by Crippen LogP contribution is -2.38. The molecule has 1 heterocycles. The lowest BCUT2D eigenvalue weighted by molar-refractivity contribution is -0.134. The number of rotatable bonds is 2. The molecule has 82 valence electrons. The molecule has 0 spiro atoms. The van der Waals surface area contributed by atoms with Crippen LogP contribution in [0.15, 0.2) is 0 Å². The van der Waals surface area contributed by atoms with Crippen LogP contribution in [0.25, 0.3) is 0 Å². The van der Waals surface area contributed by atoms with Gasteiger partial charge in [-0.3, -0.25) is 4.79 Å². The van der Waals surface area contributed by atoms with Crippen LogP contribution in [0.5, 0.6) is 0 Å². The zero-order valence-corrected chi connectivity index (χ0v) is 9.33. The van der Waals surface area contributed by atoms with E-state index in [0.29, 0.717) is 12.5 Å². The summed E-state index contributed by atoms with van der Waals surface area (Å²) in [6.45, 7) is 6.43. The predicted molar refractivity (Wildman–Crippen MR) is 57.8 cm³/mol. The van der Waals surface area contributed by atoms with Crippen LogP contribution in [0.1, 0.15) is 33.1 Å².